The van der Waals surface area contributed by atoms with Crippen LogP contribution >= 0.6 is 0 Å². The van der Waals surface area contributed by atoms with Gasteiger partial charge in [-0.1, -0.05) is 19.8 Å². The summed E-state index contributed by atoms with van der Waals surface area (Å²) in [6.07, 6.45) is 4.77. The number of ether oxygens (including phenoxy) is 2. The quantitative estimate of drug-likeness (QED) is 0.688. The third kappa shape index (κ3) is 6.41. The molecule has 1 heterocycles. The fraction of sp³-hybridized carbons (Fsp3) is 0.667. The molecule has 0 bridgehead atoms. The molecule has 3 atom stereocenters. The smallest absolute Gasteiger partial charge is 0.257 e. The van der Waals surface area contributed by atoms with Crippen LogP contribution in [0.3, 0.4) is 0 Å². The Labute approximate surface area is 202 Å². The van der Waals surface area contributed by atoms with Crippen LogP contribution < -0.4 is 9.46 Å². The highest BCUT2D eigenvalue weighted by Gasteiger charge is 2.34. The predicted octanol–water partition coefficient (Wildman–Crippen LogP) is 2.58. The lowest BCUT2D eigenvalue weighted by Gasteiger charge is -2.37. The fourth-order valence-electron chi connectivity index (χ4n) is 4.77. The van der Waals surface area contributed by atoms with Gasteiger partial charge in [0.1, 0.15) is 12.4 Å². The largest absolute Gasteiger partial charge is 0.491 e. The van der Waals surface area contributed by atoms with Crippen molar-refractivity contribution in [3.05, 3.63) is 23.8 Å². The Morgan fingerprint density at radius 2 is 1.85 bits per heavy atom. The van der Waals surface area contributed by atoms with E-state index in [1.807, 2.05) is 18.7 Å². The van der Waals surface area contributed by atoms with Crippen molar-refractivity contribution in [2.24, 2.45) is 11.8 Å². The van der Waals surface area contributed by atoms with Crippen LogP contribution in [0.25, 0.3) is 0 Å². The normalized spacial score (nSPS) is 25.2. The van der Waals surface area contributed by atoms with E-state index in [2.05, 4.69) is 4.72 Å². The second-order valence-electron chi connectivity index (χ2n) is 9.65. The molecule has 2 aliphatic rings. The van der Waals surface area contributed by atoms with Crippen LogP contribution in [0, 0.1) is 11.8 Å². The zero-order chi connectivity index (χ0) is 25.0. The average molecular weight is 496 g/mol. The molecule has 0 radical (unpaired) electrons. The highest BCUT2D eigenvalue weighted by molar-refractivity contribution is 7.92. The van der Waals surface area contributed by atoms with E-state index in [1.54, 1.807) is 31.2 Å². The van der Waals surface area contributed by atoms with Gasteiger partial charge >= 0.3 is 0 Å². The number of amides is 2. The van der Waals surface area contributed by atoms with Crippen molar-refractivity contribution in [3.8, 4) is 5.75 Å². The maximum absolute atomic E-state index is 13.4. The highest BCUT2D eigenvalue weighted by Crippen LogP contribution is 2.30. The first-order valence-electron chi connectivity index (χ1n) is 11.8. The van der Waals surface area contributed by atoms with Crippen LogP contribution in [0.5, 0.6) is 5.75 Å². The highest BCUT2D eigenvalue weighted by atomic mass is 32.2. The minimum Gasteiger partial charge on any atom is -0.491 e. The maximum Gasteiger partial charge on any atom is 0.257 e. The number of anilines is 1. The first kappa shape index (κ1) is 26.3. The van der Waals surface area contributed by atoms with Crippen LogP contribution in [-0.4, -0.2) is 82.3 Å². The first-order chi connectivity index (χ1) is 16.0. The molecule has 1 N–H and O–H groups in total. The van der Waals surface area contributed by atoms with Gasteiger partial charge in [-0.2, -0.15) is 0 Å². The van der Waals surface area contributed by atoms with Gasteiger partial charge < -0.3 is 19.3 Å². The second kappa shape index (κ2) is 10.9. The van der Waals surface area contributed by atoms with Crippen molar-refractivity contribution in [2.45, 2.75) is 51.7 Å². The Bertz CT molecular complexity index is 992. The number of nitrogens with zero attached hydrogens (tertiary/aromatic N) is 2. The van der Waals surface area contributed by atoms with Gasteiger partial charge in [0.15, 0.2) is 0 Å². The third-order valence-electron chi connectivity index (χ3n) is 6.74. The number of likely N-dealkylation sites (N-methyl/N-ethyl adjacent to an activating group) is 1. The third-order valence-corrected chi connectivity index (χ3v) is 7.34. The van der Waals surface area contributed by atoms with E-state index < -0.39 is 10.0 Å². The molecule has 0 unspecified atom stereocenters. The minimum absolute atomic E-state index is 0.00909. The zero-order valence-electron chi connectivity index (χ0n) is 20.7. The molecule has 9 nitrogen and oxygen atoms in total. The lowest BCUT2D eigenvalue weighted by atomic mass is 9.99. The number of benzene rings is 1. The fourth-order valence-corrected chi connectivity index (χ4v) is 5.32. The first-order valence-corrected chi connectivity index (χ1v) is 13.7. The van der Waals surface area contributed by atoms with Crippen LogP contribution in [0.15, 0.2) is 18.2 Å². The maximum atomic E-state index is 13.4. The van der Waals surface area contributed by atoms with Crippen molar-refractivity contribution in [1.29, 1.82) is 0 Å². The van der Waals surface area contributed by atoms with Gasteiger partial charge in [0.2, 0.25) is 15.9 Å². The van der Waals surface area contributed by atoms with Gasteiger partial charge in [-0.3, -0.25) is 14.3 Å². The number of rotatable bonds is 4. The van der Waals surface area contributed by atoms with Crippen LogP contribution in [0.1, 0.15) is 49.9 Å². The Morgan fingerprint density at radius 1 is 1.18 bits per heavy atom. The summed E-state index contributed by atoms with van der Waals surface area (Å²) >= 11 is 0. The Morgan fingerprint density at radius 3 is 2.47 bits per heavy atom. The molecular formula is C24H37N3O6S. The number of carbonyl (C=O) groups excluding carboxylic acids is 2. The number of hydrogen-bond donors (Lipinski definition) is 1. The molecule has 34 heavy (non-hydrogen) atoms. The summed E-state index contributed by atoms with van der Waals surface area (Å²) in [4.78, 5) is 30.2. The van der Waals surface area contributed by atoms with Gasteiger partial charge in [-0.25, -0.2) is 8.42 Å². The van der Waals surface area contributed by atoms with E-state index in [0.29, 0.717) is 18.8 Å². The molecule has 10 heteroatoms. The number of hydrogen-bond acceptors (Lipinski definition) is 6. The molecule has 0 aromatic heterocycles. The van der Waals surface area contributed by atoms with E-state index in [9.17, 15) is 18.0 Å². The Kier molecular flexibility index (Phi) is 8.46. The van der Waals surface area contributed by atoms with E-state index >= 15 is 0 Å². The molecule has 1 aromatic rings. The molecule has 1 aliphatic heterocycles. The van der Waals surface area contributed by atoms with Crippen molar-refractivity contribution in [3.63, 3.8) is 0 Å². The standard InChI is InChI=1S/C24H37N3O6S/c1-16-13-27(23(28)18-8-6-7-9-18)17(2)15-33-21-11-10-19(25-34(5,30)31)12-20(21)24(29)26(3)14-22(16)32-4/h10-12,16-18,22,25H,6-9,13-15H2,1-5H3/t16-,17+,22+/m0/s1. The molecular weight excluding hydrogens is 458 g/mol. The molecule has 2 amide bonds. The monoisotopic (exact) mass is 495 g/mol. The molecule has 1 fully saturated rings. The van der Waals surface area contributed by atoms with Gasteiger partial charge in [0.25, 0.3) is 5.91 Å². The van der Waals surface area contributed by atoms with Gasteiger partial charge in [-0.15, -0.1) is 0 Å². The molecule has 1 aliphatic carbocycles. The minimum atomic E-state index is -3.51. The van der Waals surface area contributed by atoms with Crippen LogP contribution in [0.4, 0.5) is 5.69 Å². The van der Waals surface area contributed by atoms with Crippen molar-refractivity contribution < 1.29 is 27.5 Å². The van der Waals surface area contributed by atoms with Crippen molar-refractivity contribution >= 4 is 27.5 Å². The van der Waals surface area contributed by atoms with E-state index in [4.69, 9.17) is 9.47 Å². The SMILES string of the molecule is CO[C@@H]1CN(C)C(=O)c2cc(NS(C)(=O)=O)ccc2OC[C@@H](C)N(C(=O)C2CCCC2)C[C@@H]1C. The number of sulfonamides is 1. The zero-order valence-corrected chi connectivity index (χ0v) is 21.6. The number of fused-ring (bicyclic) bond motifs is 1. The summed E-state index contributed by atoms with van der Waals surface area (Å²) < 4.78 is 37.6. The lowest BCUT2D eigenvalue weighted by Crippen LogP contribution is -2.50. The number of methoxy groups -OCH3 is 1. The van der Waals surface area contributed by atoms with Crippen molar-refractivity contribution in [2.75, 3.05) is 44.8 Å². The predicted molar refractivity (Wildman–Crippen MR) is 130 cm³/mol. The summed E-state index contributed by atoms with van der Waals surface area (Å²) in [5.41, 5.74) is 0.529. The molecule has 0 spiro atoms. The lowest BCUT2D eigenvalue weighted by molar-refractivity contribution is -0.139. The summed E-state index contributed by atoms with van der Waals surface area (Å²) in [6.45, 7) is 5.04. The van der Waals surface area contributed by atoms with Gasteiger partial charge in [0.05, 0.1) is 24.0 Å². The Hall–Kier alpha value is -2.33. The summed E-state index contributed by atoms with van der Waals surface area (Å²) in [5, 5.41) is 0. The second-order valence-corrected chi connectivity index (χ2v) is 11.4. The molecule has 3 rings (SSSR count). The summed E-state index contributed by atoms with van der Waals surface area (Å²) in [7, 11) is -0.216. The van der Waals surface area contributed by atoms with Crippen LogP contribution in [-0.2, 0) is 19.6 Å². The Balaban J connectivity index is 1.96. The molecule has 1 saturated carbocycles. The summed E-state index contributed by atoms with van der Waals surface area (Å²) in [6, 6.07) is 4.43. The number of nitrogens with one attached hydrogen (secondary N) is 1. The van der Waals surface area contributed by atoms with Gasteiger partial charge in [0, 0.05) is 44.8 Å². The van der Waals surface area contributed by atoms with E-state index in [0.717, 1.165) is 31.9 Å². The van der Waals surface area contributed by atoms with Gasteiger partial charge in [-0.05, 0) is 38.0 Å². The van der Waals surface area contributed by atoms with Crippen LogP contribution in [0.2, 0.25) is 0 Å². The molecule has 0 saturated heterocycles. The molecule has 190 valence electrons. The van der Waals surface area contributed by atoms with E-state index in [1.165, 1.54) is 6.07 Å². The summed E-state index contributed by atoms with van der Waals surface area (Å²) in [5.74, 6) is 0.242. The number of carbonyl (C=O) groups is 2. The van der Waals surface area contributed by atoms with Crippen molar-refractivity contribution in [1.82, 2.24) is 9.80 Å². The molecule has 1 aromatic carbocycles. The average Bonchev–Trinajstić information content (AvgIpc) is 3.32. The topological polar surface area (TPSA) is 105 Å². The van der Waals surface area contributed by atoms with E-state index in [-0.39, 0.29) is 53.7 Å².